The van der Waals surface area contributed by atoms with Crippen molar-refractivity contribution in [2.45, 2.75) is 32.4 Å². The average Bonchev–Trinajstić information content (AvgIpc) is 2.87. The zero-order valence-corrected chi connectivity index (χ0v) is 14.8. The first-order valence-corrected chi connectivity index (χ1v) is 8.34. The van der Waals surface area contributed by atoms with Gasteiger partial charge < -0.3 is 15.7 Å². The maximum absolute atomic E-state index is 12.2. The van der Waals surface area contributed by atoms with Gasteiger partial charge in [0.2, 0.25) is 11.8 Å². The van der Waals surface area contributed by atoms with Crippen molar-refractivity contribution in [1.29, 1.82) is 0 Å². The van der Waals surface area contributed by atoms with Gasteiger partial charge in [-0.15, -0.1) is 5.10 Å². The Bertz CT molecular complexity index is 784. The molecular formula is C16H18N4O4S. The van der Waals surface area contributed by atoms with E-state index in [2.05, 4.69) is 20.8 Å². The number of amides is 2. The fraction of sp³-hybridized carbons (Fsp3) is 0.312. The molecule has 0 radical (unpaired) electrons. The minimum atomic E-state index is -1.08. The quantitative estimate of drug-likeness (QED) is 0.546. The largest absolute Gasteiger partial charge is 0.478 e. The number of rotatable bonds is 5. The standard InChI is InChI=1S/C16H18N4O4S/c1-8(2)19-20-16-18-14(22)12(25-16)7-13(21)17-11-6-10(15(23)24)5-4-9(11)3/h4-6,12H,7H2,1-3H3,(H,17,21)(H,23,24)(H,18,20,22). The Morgan fingerprint density at radius 3 is 2.72 bits per heavy atom. The van der Waals surface area contributed by atoms with Crippen LogP contribution in [0.15, 0.2) is 28.4 Å². The summed E-state index contributed by atoms with van der Waals surface area (Å²) in [7, 11) is 0. The van der Waals surface area contributed by atoms with Gasteiger partial charge in [-0.2, -0.15) is 5.10 Å². The lowest BCUT2D eigenvalue weighted by Crippen LogP contribution is -2.28. The van der Waals surface area contributed by atoms with Crippen LogP contribution in [-0.2, 0) is 9.59 Å². The number of nitrogens with one attached hydrogen (secondary N) is 2. The maximum atomic E-state index is 12.2. The van der Waals surface area contributed by atoms with Gasteiger partial charge >= 0.3 is 5.97 Å². The van der Waals surface area contributed by atoms with E-state index in [1.54, 1.807) is 26.8 Å². The van der Waals surface area contributed by atoms with E-state index in [-0.39, 0.29) is 23.8 Å². The van der Waals surface area contributed by atoms with Crippen LogP contribution in [0.3, 0.4) is 0 Å². The highest BCUT2D eigenvalue weighted by atomic mass is 32.2. The van der Waals surface area contributed by atoms with Gasteiger partial charge in [0, 0.05) is 17.8 Å². The summed E-state index contributed by atoms with van der Waals surface area (Å²) in [4.78, 5) is 35.1. The molecule has 0 aromatic heterocycles. The van der Waals surface area contributed by atoms with E-state index in [1.165, 1.54) is 12.1 Å². The molecule has 1 aliphatic rings. The number of thioether (sulfide) groups is 1. The van der Waals surface area contributed by atoms with E-state index in [0.717, 1.165) is 23.0 Å². The molecule has 1 heterocycles. The molecule has 2 amide bonds. The third kappa shape index (κ3) is 5.15. The molecule has 2 rings (SSSR count). The average molecular weight is 362 g/mol. The first-order valence-electron chi connectivity index (χ1n) is 7.46. The first-order chi connectivity index (χ1) is 11.8. The molecule has 1 aliphatic heterocycles. The highest BCUT2D eigenvalue weighted by Gasteiger charge is 2.32. The van der Waals surface area contributed by atoms with E-state index in [1.807, 2.05) is 0 Å². The topological polar surface area (TPSA) is 120 Å². The summed E-state index contributed by atoms with van der Waals surface area (Å²) in [6, 6.07) is 4.47. The van der Waals surface area contributed by atoms with Gasteiger partial charge in [-0.3, -0.25) is 9.59 Å². The Morgan fingerprint density at radius 1 is 1.36 bits per heavy atom. The molecule has 0 spiro atoms. The van der Waals surface area contributed by atoms with E-state index in [4.69, 9.17) is 5.11 Å². The van der Waals surface area contributed by atoms with Crippen LogP contribution < -0.4 is 10.6 Å². The summed E-state index contributed by atoms with van der Waals surface area (Å²) in [5.41, 5.74) is 1.97. The Hall–Kier alpha value is -2.68. The molecule has 9 heteroatoms. The molecular weight excluding hydrogens is 344 g/mol. The second-order valence-corrected chi connectivity index (χ2v) is 6.83. The summed E-state index contributed by atoms with van der Waals surface area (Å²) in [6.45, 7) is 5.32. The monoisotopic (exact) mass is 362 g/mol. The fourth-order valence-corrected chi connectivity index (χ4v) is 2.91. The number of carboxylic acid groups (broad SMARTS) is 1. The predicted molar refractivity (Wildman–Crippen MR) is 97.1 cm³/mol. The molecule has 25 heavy (non-hydrogen) atoms. The molecule has 1 aromatic rings. The number of carbonyl (C=O) groups excluding carboxylic acids is 2. The first kappa shape index (κ1) is 18.7. The summed E-state index contributed by atoms with van der Waals surface area (Å²) in [6.07, 6.45) is -0.0545. The lowest BCUT2D eigenvalue weighted by atomic mass is 10.1. The van der Waals surface area contributed by atoms with E-state index in [9.17, 15) is 14.4 Å². The van der Waals surface area contributed by atoms with Gasteiger partial charge in [0.15, 0.2) is 5.17 Å². The number of aryl methyl sites for hydroxylation is 1. The number of carbonyl (C=O) groups is 3. The van der Waals surface area contributed by atoms with Crippen LogP contribution in [0.25, 0.3) is 0 Å². The molecule has 0 bridgehead atoms. The van der Waals surface area contributed by atoms with Crippen molar-refractivity contribution in [3.8, 4) is 0 Å². The Kier molecular flexibility index (Phi) is 5.92. The fourth-order valence-electron chi connectivity index (χ4n) is 1.99. The molecule has 0 saturated carbocycles. The van der Waals surface area contributed by atoms with Crippen molar-refractivity contribution < 1.29 is 19.5 Å². The minimum Gasteiger partial charge on any atom is -0.478 e. The second-order valence-electron chi connectivity index (χ2n) is 5.64. The van der Waals surface area contributed by atoms with Crippen LogP contribution in [0.5, 0.6) is 0 Å². The third-order valence-electron chi connectivity index (χ3n) is 3.25. The van der Waals surface area contributed by atoms with Crippen LogP contribution in [0.4, 0.5) is 5.69 Å². The van der Waals surface area contributed by atoms with Crippen molar-refractivity contribution in [2.24, 2.45) is 10.2 Å². The Labute approximate surface area is 148 Å². The Balaban J connectivity index is 2.02. The minimum absolute atomic E-state index is 0.0545. The van der Waals surface area contributed by atoms with E-state index < -0.39 is 11.2 Å². The molecule has 3 N–H and O–H groups in total. The summed E-state index contributed by atoms with van der Waals surface area (Å²) < 4.78 is 0. The molecule has 1 unspecified atom stereocenters. The lowest BCUT2D eigenvalue weighted by molar-refractivity contribution is -0.122. The van der Waals surface area contributed by atoms with E-state index in [0.29, 0.717) is 10.9 Å². The highest BCUT2D eigenvalue weighted by molar-refractivity contribution is 8.15. The molecule has 132 valence electrons. The molecule has 1 aromatic carbocycles. The SMILES string of the molecule is CC(C)=N/N=C1\NC(=O)C(CC(=O)Nc2cc(C(=O)O)ccc2C)S1. The lowest BCUT2D eigenvalue weighted by Gasteiger charge is -2.10. The molecule has 1 fully saturated rings. The number of carboxylic acids is 1. The van der Waals surface area contributed by atoms with Crippen LogP contribution in [-0.4, -0.2) is 39.0 Å². The molecule has 1 saturated heterocycles. The van der Waals surface area contributed by atoms with E-state index >= 15 is 0 Å². The van der Waals surface area contributed by atoms with Crippen molar-refractivity contribution in [3.63, 3.8) is 0 Å². The van der Waals surface area contributed by atoms with Gasteiger partial charge in [0.1, 0.15) is 5.25 Å². The number of hydrogen-bond donors (Lipinski definition) is 3. The maximum Gasteiger partial charge on any atom is 0.335 e. The number of aromatic carboxylic acids is 1. The second kappa shape index (κ2) is 7.93. The third-order valence-corrected chi connectivity index (χ3v) is 4.32. The molecule has 0 aliphatic carbocycles. The normalized spacial score (nSPS) is 18.0. The number of amidine groups is 1. The van der Waals surface area contributed by atoms with Crippen LogP contribution >= 0.6 is 11.8 Å². The highest BCUT2D eigenvalue weighted by Crippen LogP contribution is 2.24. The number of anilines is 1. The van der Waals surface area contributed by atoms with Gasteiger partial charge in [-0.1, -0.05) is 17.8 Å². The smallest absolute Gasteiger partial charge is 0.335 e. The van der Waals surface area contributed by atoms with Gasteiger partial charge in [0.05, 0.1) is 5.56 Å². The van der Waals surface area contributed by atoms with Crippen LogP contribution in [0.2, 0.25) is 0 Å². The zero-order chi connectivity index (χ0) is 18.6. The van der Waals surface area contributed by atoms with Crippen LogP contribution in [0, 0.1) is 6.92 Å². The number of nitrogens with zero attached hydrogens (tertiary/aromatic N) is 2. The predicted octanol–water partition coefficient (Wildman–Crippen LogP) is 2.01. The summed E-state index contributed by atoms with van der Waals surface area (Å²) >= 11 is 1.14. The van der Waals surface area contributed by atoms with Crippen molar-refractivity contribution in [3.05, 3.63) is 29.3 Å². The van der Waals surface area contributed by atoms with Crippen LogP contribution in [0.1, 0.15) is 36.2 Å². The zero-order valence-electron chi connectivity index (χ0n) is 14.0. The Morgan fingerprint density at radius 2 is 2.08 bits per heavy atom. The molecule has 8 nitrogen and oxygen atoms in total. The van der Waals surface area contributed by atoms with Gasteiger partial charge in [-0.05, 0) is 38.5 Å². The number of benzene rings is 1. The summed E-state index contributed by atoms with van der Waals surface area (Å²) in [5.74, 6) is -1.76. The number of hydrogen-bond acceptors (Lipinski definition) is 6. The van der Waals surface area contributed by atoms with Crippen molar-refractivity contribution in [2.75, 3.05) is 5.32 Å². The summed E-state index contributed by atoms with van der Waals surface area (Å²) in [5, 5.41) is 21.8. The van der Waals surface area contributed by atoms with Crippen molar-refractivity contribution in [1.82, 2.24) is 5.32 Å². The van der Waals surface area contributed by atoms with Crippen molar-refractivity contribution >= 4 is 46.1 Å². The molecule has 1 atom stereocenters. The van der Waals surface area contributed by atoms with Gasteiger partial charge in [0.25, 0.3) is 0 Å². The van der Waals surface area contributed by atoms with Gasteiger partial charge in [-0.25, -0.2) is 4.79 Å².